The van der Waals surface area contributed by atoms with Crippen molar-refractivity contribution in [1.82, 2.24) is 4.90 Å². The largest absolute Gasteiger partial charge is 0.409 e. The average Bonchev–Trinajstić information content (AvgIpc) is 2.72. The third kappa shape index (κ3) is 4.29. The second-order valence-corrected chi connectivity index (χ2v) is 5.80. The molecule has 0 aliphatic heterocycles. The van der Waals surface area contributed by atoms with Crippen LogP contribution in [-0.2, 0) is 6.54 Å². The molecular formula is C11H18BrN3OS. The molecule has 1 rings (SSSR count). The molecule has 3 N–H and O–H groups in total. The predicted molar refractivity (Wildman–Crippen MR) is 75.5 cm³/mol. The summed E-state index contributed by atoms with van der Waals surface area (Å²) in [5.41, 5.74) is 5.59. The molecule has 96 valence electrons. The van der Waals surface area contributed by atoms with Crippen LogP contribution in [0.2, 0.25) is 0 Å². The summed E-state index contributed by atoms with van der Waals surface area (Å²) < 4.78 is 1.15. The summed E-state index contributed by atoms with van der Waals surface area (Å²) in [6.45, 7) is 6.68. The smallest absolute Gasteiger partial charge is 0.143 e. The predicted octanol–water partition coefficient (Wildman–Crippen LogP) is 2.71. The van der Waals surface area contributed by atoms with Crippen LogP contribution in [0, 0.1) is 5.92 Å². The maximum atomic E-state index is 8.63. The van der Waals surface area contributed by atoms with Crippen LogP contribution in [0.5, 0.6) is 0 Å². The number of halogens is 1. The summed E-state index contributed by atoms with van der Waals surface area (Å²) in [4.78, 5) is 3.58. The van der Waals surface area contributed by atoms with Crippen LogP contribution in [0.25, 0.3) is 0 Å². The highest BCUT2D eigenvalue weighted by molar-refractivity contribution is 9.10. The average molecular weight is 320 g/mol. The quantitative estimate of drug-likeness (QED) is 0.367. The minimum Gasteiger partial charge on any atom is -0.409 e. The molecule has 0 saturated carbocycles. The van der Waals surface area contributed by atoms with Gasteiger partial charge in [-0.15, -0.1) is 11.3 Å². The lowest BCUT2D eigenvalue weighted by molar-refractivity contribution is 0.259. The fourth-order valence-electron chi connectivity index (χ4n) is 1.53. The fraction of sp³-hybridized carbons (Fsp3) is 0.545. The molecule has 1 atom stereocenters. The first-order chi connectivity index (χ1) is 8.08. The molecule has 0 aliphatic carbocycles. The van der Waals surface area contributed by atoms with Gasteiger partial charge in [-0.05, 0) is 33.9 Å². The lowest BCUT2D eigenvalue weighted by Crippen LogP contribution is -2.34. The Morgan fingerprint density at radius 1 is 1.71 bits per heavy atom. The lowest BCUT2D eigenvalue weighted by atomic mass is 10.1. The van der Waals surface area contributed by atoms with Gasteiger partial charge in [-0.1, -0.05) is 19.0 Å². The zero-order valence-electron chi connectivity index (χ0n) is 10.1. The molecule has 0 bridgehead atoms. The van der Waals surface area contributed by atoms with Crippen molar-refractivity contribution in [2.24, 2.45) is 16.8 Å². The molecule has 0 aromatic carbocycles. The maximum Gasteiger partial charge on any atom is 0.143 e. The topological polar surface area (TPSA) is 61.8 Å². The van der Waals surface area contributed by atoms with Crippen molar-refractivity contribution in [3.05, 3.63) is 20.8 Å². The van der Waals surface area contributed by atoms with Gasteiger partial charge in [-0.2, -0.15) is 0 Å². The number of thiophene rings is 1. The number of oxime groups is 1. The van der Waals surface area contributed by atoms with Crippen molar-refractivity contribution in [2.75, 3.05) is 13.1 Å². The SMILES string of the molecule is CCN(Cc1sccc1Br)CC(C)C(N)=NO. The number of hydrogen-bond donors (Lipinski definition) is 2. The fourth-order valence-corrected chi connectivity index (χ4v) is 3.04. The molecule has 1 heterocycles. The van der Waals surface area contributed by atoms with Gasteiger partial charge in [-0.3, -0.25) is 4.90 Å². The number of rotatable bonds is 6. The highest BCUT2D eigenvalue weighted by atomic mass is 79.9. The van der Waals surface area contributed by atoms with Gasteiger partial charge in [0.05, 0.1) is 0 Å². The third-order valence-electron chi connectivity index (χ3n) is 2.66. The highest BCUT2D eigenvalue weighted by Crippen LogP contribution is 2.24. The number of nitrogens with two attached hydrogens (primary N) is 1. The number of hydrogen-bond acceptors (Lipinski definition) is 4. The van der Waals surface area contributed by atoms with E-state index in [1.807, 2.05) is 6.92 Å². The van der Waals surface area contributed by atoms with E-state index in [4.69, 9.17) is 10.9 Å². The summed E-state index contributed by atoms with van der Waals surface area (Å²) >= 11 is 5.26. The van der Waals surface area contributed by atoms with Crippen molar-refractivity contribution in [3.8, 4) is 0 Å². The molecule has 0 saturated heterocycles. The van der Waals surface area contributed by atoms with E-state index in [2.05, 4.69) is 44.4 Å². The van der Waals surface area contributed by atoms with Crippen molar-refractivity contribution >= 4 is 33.1 Å². The van der Waals surface area contributed by atoms with Gasteiger partial charge < -0.3 is 10.9 Å². The zero-order chi connectivity index (χ0) is 12.8. The second-order valence-electron chi connectivity index (χ2n) is 3.95. The molecule has 1 aromatic heterocycles. The second kappa shape index (κ2) is 6.98. The summed E-state index contributed by atoms with van der Waals surface area (Å²) in [7, 11) is 0. The summed E-state index contributed by atoms with van der Waals surface area (Å²) in [6, 6.07) is 2.06. The summed E-state index contributed by atoms with van der Waals surface area (Å²) in [5, 5.41) is 13.8. The van der Waals surface area contributed by atoms with Gasteiger partial charge in [0.15, 0.2) is 0 Å². The van der Waals surface area contributed by atoms with Crippen molar-refractivity contribution in [3.63, 3.8) is 0 Å². The van der Waals surface area contributed by atoms with Crippen LogP contribution < -0.4 is 5.73 Å². The van der Waals surface area contributed by atoms with Crippen molar-refractivity contribution < 1.29 is 5.21 Å². The normalized spacial score (nSPS) is 14.2. The van der Waals surface area contributed by atoms with Gasteiger partial charge in [0, 0.05) is 28.4 Å². The van der Waals surface area contributed by atoms with Gasteiger partial charge in [0.25, 0.3) is 0 Å². The Morgan fingerprint density at radius 2 is 2.41 bits per heavy atom. The van der Waals surface area contributed by atoms with E-state index in [-0.39, 0.29) is 11.8 Å². The number of amidine groups is 1. The number of nitrogens with zero attached hydrogens (tertiary/aromatic N) is 2. The Hall–Kier alpha value is -0.590. The zero-order valence-corrected chi connectivity index (χ0v) is 12.5. The van der Waals surface area contributed by atoms with E-state index >= 15 is 0 Å². The van der Waals surface area contributed by atoms with E-state index in [1.54, 1.807) is 11.3 Å². The van der Waals surface area contributed by atoms with Crippen LogP contribution in [0.3, 0.4) is 0 Å². The van der Waals surface area contributed by atoms with Gasteiger partial charge in [0.1, 0.15) is 5.84 Å². The third-order valence-corrected chi connectivity index (χ3v) is 4.57. The van der Waals surface area contributed by atoms with Crippen molar-refractivity contribution in [1.29, 1.82) is 0 Å². The summed E-state index contributed by atoms with van der Waals surface area (Å²) in [6.07, 6.45) is 0. The molecule has 1 unspecified atom stereocenters. The molecule has 4 nitrogen and oxygen atoms in total. The summed E-state index contributed by atoms with van der Waals surface area (Å²) in [5.74, 6) is 0.340. The molecule has 6 heteroatoms. The van der Waals surface area contributed by atoms with Crippen LogP contribution >= 0.6 is 27.3 Å². The molecule has 0 amide bonds. The first-order valence-corrected chi connectivity index (χ1v) is 7.17. The van der Waals surface area contributed by atoms with Gasteiger partial charge in [0.2, 0.25) is 0 Å². The van der Waals surface area contributed by atoms with Gasteiger partial charge in [-0.25, -0.2) is 0 Å². The molecule has 0 spiro atoms. The van der Waals surface area contributed by atoms with Crippen LogP contribution in [-0.4, -0.2) is 29.0 Å². The molecule has 0 fully saturated rings. The van der Waals surface area contributed by atoms with Crippen LogP contribution in [0.4, 0.5) is 0 Å². The molecule has 0 radical (unpaired) electrons. The van der Waals surface area contributed by atoms with E-state index in [1.165, 1.54) is 4.88 Å². The van der Waals surface area contributed by atoms with Crippen LogP contribution in [0.15, 0.2) is 21.1 Å². The molecule has 1 aromatic rings. The van der Waals surface area contributed by atoms with Crippen molar-refractivity contribution in [2.45, 2.75) is 20.4 Å². The lowest BCUT2D eigenvalue weighted by Gasteiger charge is -2.23. The van der Waals surface area contributed by atoms with Crippen LogP contribution in [0.1, 0.15) is 18.7 Å². The Balaban J connectivity index is 2.58. The Kier molecular flexibility index (Phi) is 5.94. The molecule has 17 heavy (non-hydrogen) atoms. The van der Waals surface area contributed by atoms with E-state index < -0.39 is 0 Å². The van der Waals surface area contributed by atoms with Gasteiger partial charge >= 0.3 is 0 Å². The minimum absolute atomic E-state index is 0.0543. The van der Waals surface area contributed by atoms with E-state index in [9.17, 15) is 0 Å². The van der Waals surface area contributed by atoms with E-state index in [0.29, 0.717) is 0 Å². The first-order valence-electron chi connectivity index (χ1n) is 5.50. The monoisotopic (exact) mass is 319 g/mol. The Morgan fingerprint density at radius 3 is 2.88 bits per heavy atom. The Bertz CT molecular complexity index is 381. The Labute approximate surface area is 114 Å². The highest BCUT2D eigenvalue weighted by Gasteiger charge is 2.14. The molecular weight excluding hydrogens is 302 g/mol. The standard InChI is InChI=1S/C11H18BrN3OS/c1-3-15(6-8(2)11(13)14-16)7-10-9(12)4-5-17-10/h4-5,8,16H,3,6-7H2,1-2H3,(H2,13,14). The minimum atomic E-state index is 0.0543. The first kappa shape index (κ1) is 14.5. The molecule has 0 aliphatic rings. The maximum absolute atomic E-state index is 8.63. The van der Waals surface area contributed by atoms with E-state index in [0.717, 1.165) is 24.1 Å².